The highest BCUT2D eigenvalue weighted by atomic mass is 16.5. The molecule has 0 radical (unpaired) electrons. The lowest BCUT2D eigenvalue weighted by atomic mass is 10.0. The Kier molecular flexibility index (Phi) is 6.90. The van der Waals surface area contributed by atoms with E-state index < -0.39 is 0 Å². The lowest BCUT2D eigenvalue weighted by Gasteiger charge is -2.33. The minimum absolute atomic E-state index is 0.363. The van der Waals surface area contributed by atoms with E-state index in [1.165, 1.54) is 24.0 Å². The van der Waals surface area contributed by atoms with Crippen molar-refractivity contribution < 1.29 is 9.47 Å². The van der Waals surface area contributed by atoms with Gasteiger partial charge in [-0.05, 0) is 60.8 Å². The summed E-state index contributed by atoms with van der Waals surface area (Å²) >= 11 is 0. The molecule has 4 rings (SSSR count). The van der Waals surface area contributed by atoms with Crippen LogP contribution in [0.4, 0.5) is 0 Å². The smallest absolute Gasteiger partial charge is 0.321 e. The van der Waals surface area contributed by atoms with Gasteiger partial charge in [0, 0.05) is 38.1 Å². The number of piperidine rings is 1. The van der Waals surface area contributed by atoms with E-state index >= 15 is 0 Å². The number of hydrogen-bond acceptors (Lipinski definition) is 6. The van der Waals surface area contributed by atoms with Crippen molar-refractivity contribution in [2.24, 2.45) is 0 Å². The molecule has 1 N–H and O–H groups in total. The van der Waals surface area contributed by atoms with Crippen LogP contribution in [0.5, 0.6) is 17.5 Å². The van der Waals surface area contributed by atoms with Gasteiger partial charge in [-0.1, -0.05) is 24.3 Å². The molecule has 3 aromatic rings. The van der Waals surface area contributed by atoms with E-state index in [0.29, 0.717) is 12.1 Å². The summed E-state index contributed by atoms with van der Waals surface area (Å²) in [4.78, 5) is 10.7. The molecule has 1 aliphatic rings. The summed E-state index contributed by atoms with van der Waals surface area (Å²) < 4.78 is 11.0. The maximum Gasteiger partial charge on any atom is 0.321 e. The maximum atomic E-state index is 5.66. The molecule has 0 unspecified atom stereocenters. The summed E-state index contributed by atoms with van der Waals surface area (Å²) in [6.45, 7) is 4.01. The lowest BCUT2D eigenvalue weighted by Crippen LogP contribution is -2.45. The summed E-state index contributed by atoms with van der Waals surface area (Å²) in [7, 11) is 1.72. The fraction of sp³-hybridized carbons (Fsp3) is 0.333. The maximum absolute atomic E-state index is 5.66. The average Bonchev–Trinajstić information content (AvgIpc) is 2.80. The van der Waals surface area contributed by atoms with Crippen molar-refractivity contribution >= 4 is 0 Å². The Labute approximate surface area is 177 Å². The molecule has 6 nitrogen and oxygen atoms in total. The number of nitrogens with zero attached hydrogens (tertiary/aromatic N) is 3. The topological polar surface area (TPSA) is 59.5 Å². The average molecular weight is 405 g/mol. The first-order valence-corrected chi connectivity index (χ1v) is 10.4. The van der Waals surface area contributed by atoms with Crippen molar-refractivity contribution in [1.82, 2.24) is 20.2 Å². The molecule has 0 bridgehead atoms. The molecular weight excluding hydrogens is 376 g/mol. The summed E-state index contributed by atoms with van der Waals surface area (Å²) in [5.74, 6) is 1.66. The van der Waals surface area contributed by atoms with Crippen LogP contribution in [0.3, 0.4) is 0 Å². The number of nitrogens with one attached hydrogen (secondary N) is 1. The molecule has 1 saturated heterocycles. The van der Waals surface area contributed by atoms with Crippen molar-refractivity contribution in [2.45, 2.75) is 32.0 Å². The summed E-state index contributed by atoms with van der Waals surface area (Å²) in [5.41, 5.74) is 2.54. The molecule has 0 spiro atoms. The largest absolute Gasteiger partial charge is 0.497 e. The van der Waals surface area contributed by atoms with Crippen molar-refractivity contribution in [2.75, 3.05) is 20.2 Å². The van der Waals surface area contributed by atoms with Crippen LogP contribution in [0.2, 0.25) is 0 Å². The molecule has 2 heterocycles. The zero-order valence-corrected chi connectivity index (χ0v) is 17.3. The standard InChI is InChI=1S/C24H28N4O2/c1-29-23-7-2-5-20(15-23)17-28-14-3-6-21(18-28)27-16-19-8-10-22(11-9-19)30-24-25-12-4-13-26-24/h2,4-5,7-13,15,21,27H,3,6,14,16-18H2,1H3/t21-/m1/s1. The van der Waals surface area contributed by atoms with Crippen LogP contribution in [0, 0.1) is 0 Å². The number of ether oxygens (including phenoxy) is 2. The summed E-state index contributed by atoms with van der Waals surface area (Å²) in [6.07, 6.45) is 5.76. The first-order chi connectivity index (χ1) is 14.8. The minimum atomic E-state index is 0.363. The van der Waals surface area contributed by atoms with Crippen LogP contribution < -0.4 is 14.8 Å². The van der Waals surface area contributed by atoms with Gasteiger partial charge in [-0.25, -0.2) is 9.97 Å². The zero-order valence-electron chi connectivity index (χ0n) is 17.3. The van der Waals surface area contributed by atoms with E-state index in [2.05, 4.69) is 50.5 Å². The van der Waals surface area contributed by atoms with Crippen LogP contribution in [-0.4, -0.2) is 41.1 Å². The quantitative estimate of drug-likeness (QED) is 0.612. The summed E-state index contributed by atoms with van der Waals surface area (Å²) in [6, 6.07) is 19.1. The van der Waals surface area contributed by atoms with Crippen molar-refractivity contribution in [3.63, 3.8) is 0 Å². The normalized spacial score (nSPS) is 16.9. The first-order valence-electron chi connectivity index (χ1n) is 10.4. The van der Waals surface area contributed by atoms with Gasteiger partial charge < -0.3 is 14.8 Å². The molecule has 1 aliphatic heterocycles. The SMILES string of the molecule is COc1cccc(CN2CCC[C@@H](NCc3ccc(Oc4ncccn4)cc3)C2)c1. The van der Waals surface area contributed by atoms with Gasteiger partial charge in [-0.15, -0.1) is 0 Å². The van der Waals surface area contributed by atoms with E-state index in [1.54, 1.807) is 25.6 Å². The Morgan fingerprint density at radius 3 is 2.63 bits per heavy atom. The fourth-order valence-electron chi connectivity index (χ4n) is 3.78. The van der Waals surface area contributed by atoms with Crippen LogP contribution >= 0.6 is 0 Å². The molecule has 2 aromatic carbocycles. The molecule has 0 aliphatic carbocycles. The Morgan fingerprint density at radius 1 is 1.00 bits per heavy atom. The van der Waals surface area contributed by atoms with E-state index in [9.17, 15) is 0 Å². The van der Waals surface area contributed by atoms with Gasteiger partial charge in [0.15, 0.2) is 0 Å². The Bertz CT molecular complexity index is 918. The third kappa shape index (κ3) is 5.78. The van der Waals surface area contributed by atoms with E-state index in [4.69, 9.17) is 9.47 Å². The third-order valence-electron chi connectivity index (χ3n) is 5.32. The third-order valence-corrected chi connectivity index (χ3v) is 5.32. The second-order valence-corrected chi connectivity index (χ2v) is 7.58. The van der Waals surface area contributed by atoms with Crippen LogP contribution in [0.25, 0.3) is 0 Å². The Morgan fingerprint density at radius 2 is 1.83 bits per heavy atom. The van der Waals surface area contributed by atoms with Gasteiger partial charge in [0.25, 0.3) is 0 Å². The monoisotopic (exact) mass is 404 g/mol. The van der Waals surface area contributed by atoms with Gasteiger partial charge in [0.1, 0.15) is 11.5 Å². The molecule has 30 heavy (non-hydrogen) atoms. The highest BCUT2D eigenvalue weighted by molar-refractivity contribution is 5.29. The van der Waals surface area contributed by atoms with Gasteiger partial charge in [-0.3, -0.25) is 4.90 Å². The second-order valence-electron chi connectivity index (χ2n) is 7.58. The van der Waals surface area contributed by atoms with Crippen LogP contribution in [-0.2, 0) is 13.1 Å². The Hall–Kier alpha value is -2.96. The summed E-state index contributed by atoms with van der Waals surface area (Å²) in [5, 5.41) is 3.71. The van der Waals surface area contributed by atoms with E-state index in [1.807, 2.05) is 18.2 Å². The number of benzene rings is 2. The lowest BCUT2D eigenvalue weighted by molar-refractivity contribution is 0.182. The minimum Gasteiger partial charge on any atom is -0.497 e. The zero-order chi connectivity index (χ0) is 20.6. The van der Waals surface area contributed by atoms with Crippen LogP contribution in [0.15, 0.2) is 67.0 Å². The van der Waals surface area contributed by atoms with Crippen LogP contribution in [0.1, 0.15) is 24.0 Å². The molecule has 1 fully saturated rings. The highest BCUT2D eigenvalue weighted by Crippen LogP contribution is 2.19. The van der Waals surface area contributed by atoms with Gasteiger partial charge in [0.05, 0.1) is 7.11 Å². The van der Waals surface area contributed by atoms with Gasteiger partial charge in [-0.2, -0.15) is 0 Å². The molecular formula is C24H28N4O2. The van der Waals surface area contributed by atoms with E-state index in [0.717, 1.165) is 37.7 Å². The number of hydrogen-bond donors (Lipinski definition) is 1. The predicted octanol–water partition coefficient (Wildman–Crippen LogP) is 4.03. The number of rotatable bonds is 8. The van der Waals surface area contributed by atoms with Crippen molar-refractivity contribution in [3.8, 4) is 17.5 Å². The highest BCUT2D eigenvalue weighted by Gasteiger charge is 2.19. The molecule has 0 saturated carbocycles. The molecule has 1 atom stereocenters. The fourth-order valence-corrected chi connectivity index (χ4v) is 3.78. The van der Waals surface area contributed by atoms with Crippen molar-refractivity contribution in [3.05, 3.63) is 78.1 Å². The van der Waals surface area contributed by atoms with Gasteiger partial charge >= 0.3 is 6.01 Å². The van der Waals surface area contributed by atoms with Gasteiger partial charge in [0.2, 0.25) is 0 Å². The van der Waals surface area contributed by atoms with E-state index in [-0.39, 0.29) is 0 Å². The molecule has 0 amide bonds. The Balaban J connectivity index is 1.26. The first kappa shape index (κ1) is 20.3. The molecule has 1 aromatic heterocycles. The second kappa shape index (κ2) is 10.2. The van der Waals surface area contributed by atoms with Crippen molar-refractivity contribution in [1.29, 1.82) is 0 Å². The molecule has 6 heteroatoms. The molecule has 156 valence electrons. The number of likely N-dealkylation sites (tertiary alicyclic amines) is 1. The predicted molar refractivity (Wildman–Crippen MR) is 117 cm³/mol. The number of aromatic nitrogens is 2. The number of methoxy groups -OCH3 is 1.